The molecule has 1 atom stereocenters. The standard InChI is InChI=1S/C23H31N3O4/c1-5-6-13-29-18-11-7-16(14-19(18)28-4)8-12-20(27)24-21(15(2)3)23-25-22(26-30-23)17-9-10-17/h7-8,11-12,14-15,17,21H,5-6,9-10,13H2,1-4H3,(H,24,27)/b12-8+. The molecule has 0 saturated heterocycles. The summed E-state index contributed by atoms with van der Waals surface area (Å²) in [5.74, 6) is 2.87. The van der Waals surface area contributed by atoms with Crippen molar-refractivity contribution < 1.29 is 18.8 Å². The molecule has 1 amide bonds. The second kappa shape index (κ2) is 10.3. The normalized spacial score (nSPS) is 14.8. The molecule has 0 bridgehead atoms. The third-order valence-electron chi connectivity index (χ3n) is 5.00. The van der Waals surface area contributed by atoms with Gasteiger partial charge in [-0.05, 0) is 49.0 Å². The predicted octanol–water partition coefficient (Wildman–Crippen LogP) is 4.66. The summed E-state index contributed by atoms with van der Waals surface area (Å²) < 4.78 is 16.6. The maximum atomic E-state index is 12.5. The Balaban J connectivity index is 1.63. The van der Waals surface area contributed by atoms with Crippen LogP contribution in [0, 0.1) is 5.92 Å². The Kier molecular flexibility index (Phi) is 7.49. The van der Waals surface area contributed by atoms with Crippen molar-refractivity contribution in [3.63, 3.8) is 0 Å². The van der Waals surface area contributed by atoms with Crippen LogP contribution in [-0.4, -0.2) is 29.8 Å². The van der Waals surface area contributed by atoms with E-state index in [0.717, 1.165) is 37.1 Å². The van der Waals surface area contributed by atoms with Gasteiger partial charge >= 0.3 is 0 Å². The molecule has 2 aromatic rings. The highest BCUT2D eigenvalue weighted by atomic mass is 16.5. The summed E-state index contributed by atoms with van der Waals surface area (Å²) in [6.45, 7) is 6.79. The maximum absolute atomic E-state index is 12.5. The van der Waals surface area contributed by atoms with Gasteiger partial charge in [0.25, 0.3) is 0 Å². The average Bonchev–Trinajstić information content (AvgIpc) is 3.48. The van der Waals surface area contributed by atoms with Crippen molar-refractivity contribution in [1.82, 2.24) is 15.5 Å². The topological polar surface area (TPSA) is 86.5 Å². The summed E-state index contributed by atoms with van der Waals surface area (Å²) in [5.41, 5.74) is 0.847. The highest BCUT2D eigenvalue weighted by Crippen LogP contribution is 2.38. The minimum Gasteiger partial charge on any atom is -0.493 e. The highest BCUT2D eigenvalue weighted by molar-refractivity contribution is 5.92. The number of nitrogens with zero attached hydrogens (tertiary/aromatic N) is 2. The molecular formula is C23H31N3O4. The van der Waals surface area contributed by atoms with Crippen LogP contribution in [0.15, 0.2) is 28.8 Å². The summed E-state index contributed by atoms with van der Waals surface area (Å²) in [6, 6.07) is 5.28. The van der Waals surface area contributed by atoms with E-state index < -0.39 is 0 Å². The molecule has 30 heavy (non-hydrogen) atoms. The molecule has 1 fully saturated rings. The average molecular weight is 414 g/mol. The molecule has 0 aliphatic heterocycles. The molecule has 1 aliphatic rings. The smallest absolute Gasteiger partial charge is 0.249 e. The molecule has 1 aromatic heterocycles. The molecular weight excluding hydrogens is 382 g/mol. The molecule has 1 N–H and O–H groups in total. The molecule has 1 aliphatic carbocycles. The Bertz CT molecular complexity index is 871. The van der Waals surface area contributed by atoms with Gasteiger partial charge in [-0.3, -0.25) is 4.79 Å². The number of hydrogen-bond donors (Lipinski definition) is 1. The Hall–Kier alpha value is -2.83. The largest absolute Gasteiger partial charge is 0.493 e. The fourth-order valence-electron chi connectivity index (χ4n) is 3.00. The van der Waals surface area contributed by atoms with E-state index >= 15 is 0 Å². The number of nitrogens with one attached hydrogen (secondary N) is 1. The van der Waals surface area contributed by atoms with Gasteiger partial charge in [-0.1, -0.05) is 38.4 Å². The quantitative estimate of drug-likeness (QED) is 0.426. The van der Waals surface area contributed by atoms with Crippen molar-refractivity contribution in [1.29, 1.82) is 0 Å². The van der Waals surface area contributed by atoms with Crippen molar-refractivity contribution in [2.75, 3.05) is 13.7 Å². The van der Waals surface area contributed by atoms with Crippen LogP contribution >= 0.6 is 0 Å². The number of amides is 1. The first-order valence-corrected chi connectivity index (χ1v) is 10.6. The van der Waals surface area contributed by atoms with E-state index in [1.54, 1.807) is 13.2 Å². The van der Waals surface area contributed by atoms with Crippen molar-refractivity contribution in [3.05, 3.63) is 41.6 Å². The first kappa shape index (κ1) is 21.9. The second-order valence-corrected chi connectivity index (χ2v) is 7.94. The Labute approximate surface area is 177 Å². The number of rotatable bonds is 11. The zero-order valence-corrected chi connectivity index (χ0v) is 18.2. The van der Waals surface area contributed by atoms with Crippen molar-refractivity contribution >= 4 is 12.0 Å². The Morgan fingerprint density at radius 2 is 2.13 bits per heavy atom. The molecule has 1 heterocycles. The molecule has 1 unspecified atom stereocenters. The number of benzene rings is 1. The van der Waals surface area contributed by atoms with Crippen LogP contribution in [0.25, 0.3) is 6.08 Å². The van der Waals surface area contributed by atoms with Crippen LogP contribution < -0.4 is 14.8 Å². The first-order valence-electron chi connectivity index (χ1n) is 10.6. The summed E-state index contributed by atoms with van der Waals surface area (Å²) in [6.07, 6.45) is 7.51. The number of ether oxygens (including phenoxy) is 2. The van der Waals surface area contributed by atoms with E-state index in [9.17, 15) is 4.79 Å². The van der Waals surface area contributed by atoms with Crippen LogP contribution in [-0.2, 0) is 4.79 Å². The van der Waals surface area contributed by atoms with Gasteiger partial charge in [-0.15, -0.1) is 0 Å². The number of methoxy groups -OCH3 is 1. The van der Waals surface area contributed by atoms with Crippen LogP contribution in [0.4, 0.5) is 0 Å². The third-order valence-corrected chi connectivity index (χ3v) is 5.00. The molecule has 162 valence electrons. The van der Waals surface area contributed by atoms with E-state index in [4.69, 9.17) is 14.0 Å². The third kappa shape index (κ3) is 5.84. The SMILES string of the molecule is CCCCOc1ccc(/C=C/C(=O)NC(c2nc(C3CC3)no2)C(C)C)cc1OC. The molecule has 1 saturated carbocycles. The summed E-state index contributed by atoms with van der Waals surface area (Å²) in [5, 5.41) is 7.03. The van der Waals surface area contributed by atoms with E-state index in [1.807, 2.05) is 32.0 Å². The van der Waals surface area contributed by atoms with Gasteiger partial charge in [0.1, 0.15) is 6.04 Å². The van der Waals surface area contributed by atoms with Crippen LogP contribution in [0.2, 0.25) is 0 Å². The van der Waals surface area contributed by atoms with Gasteiger partial charge < -0.3 is 19.3 Å². The van der Waals surface area contributed by atoms with E-state index in [2.05, 4.69) is 22.4 Å². The Morgan fingerprint density at radius 3 is 2.80 bits per heavy atom. The lowest BCUT2D eigenvalue weighted by Crippen LogP contribution is -2.30. The van der Waals surface area contributed by atoms with Crippen molar-refractivity contribution in [2.45, 2.75) is 58.4 Å². The van der Waals surface area contributed by atoms with Gasteiger partial charge in [0.05, 0.1) is 13.7 Å². The number of carbonyl (C=O) groups excluding carboxylic acids is 1. The zero-order chi connectivity index (χ0) is 21.5. The Morgan fingerprint density at radius 1 is 1.33 bits per heavy atom. The molecule has 3 rings (SSSR count). The van der Waals surface area contributed by atoms with Gasteiger partial charge in [0.15, 0.2) is 17.3 Å². The predicted molar refractivity (Wildman–Crippen MR) is 114 cm³/mol. The highest BCUT2D eigenvalue weighted by Gasteiger charge is 2.31. The first-order chi connectivity index (χ1) is 14.5. The van der Waals surface area contributed by atoms with Gasteiger partial charge in [0, 0.05) is 12.0 Å². The van der Waals surface area contributed by atoms with Gasteiger partial charge in [-0.25, -0.2) is 0 Å². The molecule has 1 aromatic carbocycles. The molecule has 0 radical (unpaired) electrons. The van der Waals surface area contributed by atoms with Crippen molar-refractivity contribution in [2.24, 2.45) is 5.92 Å². The second-order valence-electron chi connectivity index (χ2n) is 7.94. The van der Waals surface area contributed by atoms with Crippen LogP contribution in [0.3, 0.4) is 0 Å². The van der Waals surface area contributed by atoms with Crippen LogP contribution in [0.5, 0.6) is 11.5 Å². The lowest BCUT2D eigenvalue weighted by atomic mass is 10.0. The van der Waals surface area contributed by atoms with Gasteiger partial charge in [0.2, 0.25) is 11.8 Å². The van der Waals surface area contributed by atoms with E-state index in [-0.39, 0.29) is 17.9 Å². The summed E-state index contributed by atoms with van der Waals surface area (Å²) in [4.78, 5) is 17.0. The number of unbranched alkanes of at least 4 members (excludes halogenated alkanes) is 1. The lowest BCUT2D eigenvalue weighted by molar-refractivity contribution is -0.117. The summed E-state index contributed by atoms with van der Waals surface area (Å²) in [7, 11) is 1.61. The monoisotopic (exact) mass is 413 g/mol. The number of hydrogen-bond acceptors (Lipinski definition) is 6. The number of aromatic nitrogens is 2. The molecule has 7 nitrogen and oxygen atoms in total. The van der Waals surface area contributed by atoms with E-state index in [1.165, 1.54) is 6.08 Å². The number of carbonyl (C=O) groups is 1. The lowest BCUT2D eigenvalue weighted by Gasteiger charge is -2.17. The zero-order valence-electron chi connectivity index (χ0n) is 18.2. The molecule has 7 heteroatoms. The maximum Gasteiger partial charge on any atom is 0.249 e. The minimum atomic E-state index is -0.328. The summed E-state index contributed by atoms with van der Waals surface area (Å²) >= 11 is 0. The van der Waals surface area contributed by atoms with Crippen molar-refractivity contribution in [3.8, 4) is 11.5 Å². The van der Waals surface area contributed by atoms with Gasteiger partial charge in [-0.2, -0.15) is 4.98 Å². The fraction of sp³-hybridized carbons (Fsp3) is 0.522. The van der Waals surface area contributed by atoms with E-state index in [0.29, 0.717) is 29.9 Å². The minimum absolute atomic E-state index is 0.120. The van der Waals surface area contributed by atoms with Crippen LogP contribution in [0.1, 0.15) is 75.7 Å². The molecule has 0 spiro atoms. The fourth-order valence-corrected chi connectivity index (χ4v) is 3.00.